The number of nitrogens with two attached hydrogens (primary N) is 1. The fourth-order valence-corrected chi connectivity index (χ4v) is 2.18. The van der Waals surface area contributed by atoms with E-state index in [9.17, 15) is 4.79 Å². The van der Waals surface area contributed by atoms with Crippen LogP contribution in [0, 0.1) is 0 Å². The van der Waals surface area contributed by atoms with Crippen molar-refractivity contribution in [1.29, 1.82) is 0 Å². The molecule has 0 spiro atoms. The first-order valence-electron chi connectivity index (χ1n) is 6.09. The van der Waals surface area contributed by atoms with Crippen LogP contribution in [0.4, 0.5) is 0 Å². The lowest BCUT2D eigenvalue weighted by molar-refractivity contribution is 0.664. The Morgan fingerprint density at radius 2 is 2.12 bits per heavy atom. The molecule has 0 saturated heterocycles. The minimum Gasteiger partial charge on any atom is -0.347 e. The molecule has 2 rings (SSSR count). The zero-order chi connectivity index (χ0) is 12.3. The molecular formula is C14H18N2O. The molecule has 0 aliphatic heterocycles. The summed E-state index contributed by atoms with van der Waals surface area (Å²) in [6, 6.07) is 7.57. The highest BCUT2D eigenvalue weighted by Crippen LogP contribution is 2.16. The van der Waals surface area contributed by atoms with Gasteiger partial charge in [-0.25, -0.2) is 0 Å². The van der Waals surface area contributed by atoms with Crippen molar-refractivity contribution in [1.82, 2.24) is 4.57 Å². The summed E-state index contributed by atoms with van der Waals surface area (Å²) in [7, 11) is 0. The van der Waals surface area contributed by atoms with Gasteiger partial charge in [0.1, 0.15) is 0 Å². The number of hydrogen-bond acceptors (Lipinski definition) is 2. The molecule has 0 amide bonds. The Bertz CT molecular complexity index is 572. The number of benzene rings is 1. The first-order chi connectivity index (χ1) is 8.27. The van der Waals surface area contributed by atoms with Gasteiger partial charge in [-0.15, -0.1) is 0 Å². The van der Waals surface area contributed by atoms with Gasteiger partial charge in [0.25, 0.3) is 0 Å². The zero-order valence-corrected chi connectivity index (χ0v) is 10.1. The second kappa shape index (κ2) is 5.15. The number of aryl methyl sites for hydroxylation is 2. The van der Waals surface area contributed by atoms with Crippen molar-refractivity contribution in [2.45, 2.75) is 26.3 Å². The predicted molar refractivity (Wildman–Crippen MR) is 71.3 cm³/mol. The number of aromatic nitrogens is 1. The number of pyridine rings is 1. The van der Waals surface area contributed by atoms with E-state index in [4.69, 9.17) is 5.73 Å². The highest BCUT2D eigenvalue weighted by Gasteiger charge is 2.06. The van der Waals surface area contributed by atoms with E-state index in [2.05, 4.69) is 17.6 Å². The fourth-order valence-electron chi connectivity index (χ4n) is 2.18. The lowest BCUT2D eigenvalue weighted by atomic mass is 10.1. The maximum atomic E-state index is 11.8. The molecule has 0 saturated carbocycles. The number of fused-ring (bicyclic) bond motifs is 1. The van der Waals surface area contributed by atoms with Crippen molar-refractivity contribution in [3.05, 3.63) is 46.2 Å². The van der Waals surface area contributed by atoms with Crippen molar-refractivity contribution in [3.8, 4) is 0 Å². The molecule has 0 radical (unpaired) electrons. The molecule has 2 aromatic rings. The topological polar surface area (TPSA) is 48.0 Å². The standard InChI is InChI=1S/C14H18N2O/c1-2-11-5-3-6-12-13(17)7-10-16(14(11)12)9-4-8-15/h3,5-7,10H,2,4,8-9,15H2,1H3. The molecule has 3 heteroatoms. The maximum absolute atomic E-state index is 11.8. The van der Waals surface area contributed by atoms with Crippen LogP contribution in [0.2, 0.25) is 0 Å². The Morgan fingerprint density at radius 3 is 2.82 bits per heavy atom. The van der Waals surface area contributed by atoms with Gasteiger partial charge in [0.2, 0.25) is 0 Å². The van der Waals surface area contributed by atoms with Gasteiger partial charge in [-0.1, -0.05) is 19.1 Å². The monoisotopic (exact) mass is 230 g/mol. The maximum Gasteiger partial charge on any atom is 0.189 e. The smallest absolute Gasteiger partial charge is 0.189 e. The van der Waals surface area contributed by atoms with Gasteiger partial charge in [-0.05, 0) is 31.0 Å². The van der Waals surface area contributed by atoms with Crippen LogP contribution in [0.15, 0.2) is 35.3 Å². The van der Waals surface area contributed by atoms with Crippen LogP contribution >= 0.6 is 0 Å². The molecule has 1 aromatic heterocycles. The largest absolute Gasteiger partial charge is 0.347 e. The molecule has 0 aliphatic rings. The summed E-state index contributed by atoms with van der Waals surface area (Å²) in [6.45, 7) is 3.64. The van der Waals surface area contributed by atoms with Crippen LogP contribution in [0.3, 0.4) is 0 Å². The second-order valence-corrected chi connectivity index (χ2v) is 4.18. The van der Waals surface area contributed by atoms with Gasteiger partial charge in [-0.3, -0.25) is 4.79 Å². The summed E-state index contributed by atoms with van der Waals surface area (Å²) in [6.07, 6.45) is 3.74. The van der Waals surface area contributed by atoms with E-state index in [1.807, 2.05) is 18.3 Å². The summed E-state index contributed by atoms with van der Waals surface area (Å²) < 4.78 is 2.14. The van der Waals surface area contributed by atoms with E-state index >= 15 is 0 Å². The third-order valence-corrected chi connectivity index (χ3v) is 3.06. The van der Waals surface area contributed by atoms with Crippen LogP contribution in [0.1, 0.15) is 18.9 Å². The van der Waals surface area contributed by atoms with Crippen LogP contribution in [-0.4, -0.2) is 11.1 Å². The van der Waals surface area contributed by atoms with E-state index in [-0.39, 0.29) is 5.43 Å². The molecule has 0 unspecified atom stereocenters. The van der Waals surface area contributed by atoms with E-state index in [1.165, 1.54) is 5.56 Å². The summed E-state index contributed by atoms with van der Waals surface area (Å²) in [5.41, 5.74) is 7.93. The molecule has 0 fully saturated rings. The van der Waals surface area contributed by atoms with E-state index in [0.717, 1.165) is 30.3 Å². The highest BCUT2D eigenvalue weighted by molar-refractivity contribution is 5.82. The van der Waals surface area contributed by atoms with Crippen molar-refractivity contribution in [2.24, 2.45) is 5.73 Å². The van der Waals surface area contributed by atoms with E-state index in [1.54, 1.807) is 6.07 Å². The average Bonchev–Trinajstić information content (AvgIpc) is 2.37. The fraction of sp³-hybridized carbons (Fsp3) is 0.357. The lowest BCUT2D eigenvalue weighted by Crippen LogP contribution is -2.12. The van der Waals surface area contributed by atoms with Gasteiger partial charge in [0, 0.05) is 24.2 Å². The first kappa shape index (κ1) is 11.9. The Balaban J connectivity index is 2.67. The molecule has 1 heterocycles. The number of hydrogen-bond donors (Lipinski definition) is 1. The number of para-hydroxylation sites is 1. The van der Waals surface area contributed by atoms with E-state index in [0.29, 0.717) is 6.54 Å². The van der Waals surface area contributed by atoms with Gasteiger partial charge in [0.15, 0.2) is 5.43 Å². The lowest BCUT2D eigenvalue weighted by Gasteiger charge is -2.13. The molecule has 90 valence electrons. The van der Waals surface area contributed by atoms with Crippen LogP contribution in [-0.2, 0) is 13.0 Å². The summed E-state index contributed by atoms with van der Waals surface area (Å²) >= 11 is 0. The molecule has 0 bridgehead atoms. The molecule has 2 N–H and O–H groups in total. The van der Waals surface area contributed by atoms with Gasteiger partial charge in [0.05, 0.1) is 5.52 Å². The van der Waals surface area contributed by atoms with Crippen molar-refractivity contribution >= 4 is 10.9 Å². The van der Waals surface area contributed by atoms with Crippen LogP contribution in [0.5, 0.6) is 0 Å². The Kier molecular flexibility index (Phi) is 3.59. The summed E-state index contributed by atoms with van der Waals surface area (Å²) in [5.74, 6) is 0. The van der Waals surface area contributed by atoms with Crippen LogP contribution in [0.25, 0.3) is 10.9 Å². The first-order valence-corrected chi connectivity index (χ1v) is 6.09. The quantitative estimate of drug-likeness (QED) is 0.872. The summed E-state index contributed by atoms with van der Waals surface area (Å²) in [4.78, 5) is 11.8. The Hall–Kier alpha value is -1.61. The van der Waals surface area contributed by atoms with Crippen LogP contribution < -0.4 is 11.2 Å². The third-order valence-electron chi connectivity index (χ3n) is 3.06. The molecule has 0 atom stereocenters. The third kappa shape index (κ3) is 2.24. The molecule has 0 aliphatic carbocycles. The Labute approximate surface area is 101 Å². The summed E-state index contributed by atoms with van der Waals surface area (Å²) in [5, 5.41) is 0.809. The van der Waals surface area contributed by atoms with Crippen molar-refractivity contribution in [3.63, 3.8) is 0 Å². The van der Waals surface area contributed by atoms with Gasteiger partial charge >= 0.3 is 0 Å². The Morgan fingerprint density at radius 1 is 1.29 bits per heavy atom. The molecule has 17 heavy (non-hydrogen) atoms. The average molecular weight is 230 g/mol. The zero-order valence-electron chi connectivity index (χ0n) is 10.1. The second-order valence-electron chi connectivity index (χ2n) is 4.18. The van der Waals surface area contributed by atoms with Gasteiger partial charge < -0.3 is 10.3 Å². The SMILES string of the molecule is CCc1cccc2c(=O)ccn(CCCN)c12. The molecular weight excluding hydrogens is 212 g/mol. The number of rotatable bonds is 4. The van der Waals surface area contributed by atoms with Crippen molar-refractivity contribution < 1.29 is 0 Å². The molecule has 3 nitrogen and oxygen atoms in total. The normalized spacial score (nSPS) is 10.9. The molecule has 1 aromatic carbocycles. The number of nitrogens with zero attached hydrogens (tertiary/aromatic N) is 1. The highest BCUT2D eigenvalue weighted by atomic mass is 16.1. The van der Waals surface area contributed by atoms with Gasteiger partial charge in [-0.2, -0.15) is 0 Å². The van der Waals surface area contributed by atoms with Crippen molar-refractivity contribution in [2.75, 3.05) is 6.54 Å². The van der Waals surface area contributed by atoms with E-state index < -0.39 is 0 Å². The minimum absolute atomic E-state index is 0.0966. The predicted octanol–water partition coefficient (Wildman–Crippen LogP) is 1.91. The minimum atomic E-state index is 0.0966.